The SMILES string of the molecule is CCCNC(=O)C(CC)N(Cc1ccccc1)C(=O)CN(c1ccccc1Cl)S(=O)(=O)c1ccccc1. The van der Waals surface area contributed by atoms with Crippen molar-refractivity contribution in [2.24, 2.45) is 0 Å². The summed E-state index contributed by atoms with van der Waals surface area (Å²) in [7, 11) is -4.14. The van der Waals surface area contributed by atoms with E-state index >= 15 is 0 Å². The third-order valence-corrected chi connectivity index (χ3v) is 7.96. The topological polar surface area (TPSA) is 86.8 Å². The number of rotatable bonds is 12. The summed E-state index contributed by atoms with van der Waals surface area (Å²) >= 11 is 6.41. The largest absolute Gasteiger partial charge is 0.354 e. The van der Waals surface area contributed by atoms with Gasteiger partial charge >= 0.3 is 0 Å². The second kappa shape index (κ2) is 13.3. The van der Waals surface area contributed by atoms with Gasteiger partial charge in [0.2, 0.25) is 11.8 Å². The lowest BCUT2D eigenvalue weighted by Crippen LogP contribution is -2.52. The number of carbonyl (C=O) groups excluding carboxylic acids is 2. The van der Waals surface area contributed by atoms with Crippen LogP contribution < -0.4 is 9.62 Å². The Labute approximate surface area is 224 Å². The third-order valence-electron chi connectivity index (χ3n) is 5.86. The number of hydrogen-bond acceptors (Lipinski definition) is 4. The van der Waals surface area contributed by atoms with E-state index in [-0.39, 0.29) is 28.1 Å². The Bertz CT molecular complexity index is 1290. The number of benzene rings is 3. The highest BCUT2D eigenvalue weighted by Crippen LogP contribution is 2.30. The van der Waals surface area contributed by atoms with Crippen molar-refractivity contribution in [3.63, 3.8) is 0 Å². The minimum atomic E-state index is -4.14. The summed E-state index contributed by atoms with van der Waals surface area (Å²) in [5.41, 5.74) is 1.01. The smallest absolute Gasteiger partial charge is 0.264 e. The number of sulfonamides is 1. The molecule has 3 aromatic carbocycles. The molecule has 7 nitrogen and oxygen atoms in total. The van der Waals surface area contributed by atoms with E-state index in [1.165, 1.54) is 17.0 Å². The van der Waals surface area contributed by atoms with Gasteiger partial charge in [-0.15, -0.1) is 0 Å². The fourth-order valence-corrected chi connectivity index (χ4v) is 5.69. The van der Waals surface area contributed by atoms with Gasteiger partial charge in [-0.1, -0.05) is 86.1 Å². The summed E-state index contributed by atoms with van der Waals surface area (Å²) in [6, 6.07) is 22.9. The molecule has 0 bridgehead atoms. The maximum absolute atomic E-state index is 13.9. The molecular formula is C28H32ClN3O4S. The number of anilines is 1. The van der Waals surface area contributed by atoms with Crippen molar-refractivity contribution < 1.29 is 18.0 Å². The minimum Gasteiger partial charge on any atom is -0.354 e. The molecule has 0 radical (unpaired) electrons. The standard InChI is InChI=1S/C28H32ClN3O4S/c1-3-19-30-28(34)25(4-2)31(20-22-13-7-5-8-14-22)27(33)21-32(26-18-12-11-17-24(26)29)37(35,36)23-15-9-6-10-16-23/h5-18,25H,3-4,19-21H2,1-2H3,(H,30,34). The zero-order chi connectivity index (χ0) is 26.8. The lowest BCUT2D eigenvalue weighted by atomic mass is 10.1. The summed E-state index contributed by atoms with van der Waals surface area (Å²) in [5, 5.41) is 3.06. The third kappa shape index (κ3) is 7.11. The van der Waals surface area contributed by atoms with Gasteiger partial charge in [-0.25, -0.2) is 8.42 Å². The molecule has 0 saturated heterocycles. The van der Waals surface area contributed by atoms with Crippen LogP contribution in [0.25, 0.3) is 0 Å². The molecule has 0 saturated carbocycles. The number of halogens is 1. The second-order valence-electron chi connectivity index (χ2n) is 8.50. The number of hydrogen-bond donors (Lipinski definition) is 1. The Morgan fingerprint density at radius 1 is 0.892 bits per heavy atom. The fraction of sp³-hybridized carbons (Fsp3) is 0.286. The highest BCUT2D eigenvalue weighted by atomic mass is 35.5. The van der Waals surface area contributed by atoms with E-state index in [2.05, 4.69) is 5.32 Å². The quantitative estimate of drug-likeness (QED) is 0.354. The van der Waals surface area contributed by atoms with Gasteiger partial charge in [0, 0.05) is 13.1 Å². The Balaban J connectivity index is 2.04. The van der Waals surface area contributed by atoms with Gasteiger partial charge < -0.3 is 10.2 Å². The van der Waals surface area contributed by atoms with E-state index in [1.807, 2.05) is 44.2 Å². The molecule has 3 rings (SSSR count). The predicted molar refractivity (Wildman–Crippen MR) is 147 cm³/mol. The van der Waals surface area contributed by atoms with Gasteiger partial charge in [0.15, 0.2) is 0 Å². The van der Waals surface area contributed by atoms with Crippen LogP contribution in [0, 0.1) is 0 Å². The van der Waals surface area contributed by atoms with Crippen molar-refractivity contribution in [2.45, 2.75) is 44.2 Å². The molecule has 1 N–H and O–H groups in total. The molecule has 0 aliphatic heterocycles. The molecule has 0 aromatic heterocycles. The Morgan fingerprint density at radius 2 is 1.49 bits per heavy atom. The Hall–Kier alpha value is -3.36. The van der Waals surface area contributed by atoms with Crippen molar-refractivity contribution in [1.82, 2.24) is 10.2 Å². The molecule has 0 spiro atoms. The van der Waals surface area contributed by atoms with Gasteiger partial charge in [0.1, 0.15) is 12.6 Å². The molecule has 1 atom stereocenters. The van der Waals surface area contributed by atoms with Crippen molar-refractivity contribution in [3.05, 3.63) is 95.5 Å². The van der Waals surface area contributed by atoms with Crippen LogP contribution in [-0.2, 0) is 26.2 Å². The van der Waals surface area contributed by atoms with E-state index in [0.717, 1.165) is 16.3 Å². The zero-order valence-electron chi connectivity index (χ0n) is 21.0. The van der Waals surface area contributed by atoms with E-state index in [1.54, 1.807) is 42.5 Å². The van der Waals surface area contributed by atoms with Gasteiger partial charge in [-0.2, -0.15) is 0 Å². The van der Waals surface area contributed by atoms with Gasteiger partial charge in [-0.3, -0.25) is 13.9 Å². The van der Waals surface area contributed by atoms with Crippen molar-refractivity contribution in [2.75, 3.05) is 17.4 Å². The van der Waals surface area contributed by atoms with Gasteiger partial charge in [0.25, 0.3) is 10.0 Å². The first-order chi connectivity index (χ1) is 17.8. The van der Waals surface area contributed by atoms with Crippen LogP contribution in [-0.4, -0.2) is 44.3 Å². The first-order valence-corrected chi connectivity index (χ1v) is 14.0. The first kappa shape index (κ1) is 28.2. The Morgan fingerprint density at radius 3 is 2.08 bits per heavy atom. The summed E-state index contributed by atoms with van der Waals surface area (Å²) in [4.78, 5) is 28.4. The second-order valence-corrected chi connectivity index (χ2v) is 10.8. The average molecular weight is 542 g/mol. The first-order valence-electron chi connectivity index (χ1n) is 12.2. The van der Waals surface area contributed by atoms with Crippen molar-refractivity contribution >= 4 is 39.1 Å². The number of nitrogens with one attached hydrogen (secondary N) is 1. The number of amides is 2. The molecule has 0 aliphatic rings. The molecule has 37 heavy (non-hydrogen) atoms. The van der Waals surface area contributed by atoms with Crippen LogP contribution in [0.3, 0.4) is 0 Å². The minimum absolute atomic E-state index is 0.0325. The highest BCUT2D eigenvalue weighted by molar-refractivity contribution is 7.92. The number of para-hydroxylation sites is 1. The zero-order valence-corrected chi connectivity index (χ0v) is 22.6. The van der Waals surface area contributed by atoms with Crippen LogP contribution in [0.15, 0.2) is 89.8 Å². The molecule has 3 aromatic rings. The highest BCUT2D eigenvalue weighted by Gasteiger charge is 2.34. The fourth-order valence-electron chi connectivity index (χ4n) is 3.95. The number of carbonyl (C=O) groups is 2. The molecule has 2 amide bonds. The molecule has 0 fully saturated rings. The van der Waals surface area contributed by atoms with Crippen molar-refractivity contribution in [1.29, 1.82) is 0 Å². The van der Waals surface area contributed by atoms with E-state index < -0.39 is 28.5 Å². The van der Waals surface area contributed by atoms with E-state index in [4.69, 9.17) is 11.6 Å². The van der Waals surface area contributed by atoms with E-state index in [0.29, 0.717) is 13.0 Å². The lowest BCUT2D eigenvalue weighted by molar-refractivity contribution is -0.140. The van der Waals surface area contributed by atoms with Crippen LogP contribution in [0.5, 0.6) is 0 Å². The molecule has 1 unspecified atom stereocenters. The molecule has 0 aliphatic carbocycles. The van der Waals surface area contributed by atoms with Gasteiger partial charge in [0.05, 0.1) is 15.6 Å². The van der Waals surface area contributed by atoms with Gasteiger partial charge in [-0.05, 0) is 42.7 Å². The van der Waals surface area contributed by atoms with Crippen LogP contribution in [0.1, 0.15) is 32.3 Å². The predicted octanol–water partition coefficient (Wildman–Crippen LogP) is 4.87. The molecule has 0 heterocycles. The molecule has 9 heteroatoms. The average Bonchev–Trinajstić information content (AvgIpc) is 2.91. The Kier molecular flexibility index (Phi) is 10.1. The van der Waals surface area contributed by atoms with Crippen LogP contribution in [0.4, 0.5) is 5.69 Å². The number of nitrogens with zero attached hydrogens (tertiary/aromatic N) is 2. The summed E-state index contributed by atoms with van der Waals surface area (Å²) in [6.45, 7) is 3.89. The molecule has 196 valence electrons. The van der Waals surface area contributed by atoms with E-state index in [9.17, 15) is 18.0 Å². The van der Waals surface area contributed by atoms with Crippen molar-refractivity contribution in [3.8, 4) is 0 Å². The van der Waals surface area contributed by atoms with Crippen LogP contribution >= 0.6 is 11.6 Å². The monoisotopic (exact) mass is 541 g/mol. The maximum atomic E-state index is 13.9. The summed E-state index contributed by atoms with van der Waals surface area (Å²) in [5.74, 6) is -0.786. The van der Waals surface area contributed by atoms with Crippen LogP contribution in [0.2, 0.25) is 5.02 Å². The summed E-state index contributed by atoms with van der Waals surface area (Å²) < 4.78 is 28.5. The molecular weight excluding hydrogens is 510 g/mol. The maximum Gasteiger partial charge on any atom is 0.264 e. The summed E-state index contributed by atoms with van der Waals surface area (Å²) in [6.07, 6.45) is 1.12. The lowest BCUT2D eigenvalue weighted by Gasteiger charge is -2.33. The normalized spacial score (nSPS) is 12.0.